The molecule has 0 atom stereocenters. The first-order valence-corrected chi connectivity index (χ1v) is 5.53. The first-order chi connectivity index (χ1) is 7.68. The van der Waals surface area contributed by atoms with Crippen molar-refractivity contribution in [1.29, 1.82) is 5.41 Å². The highest BCUT2D eigenvalue weighted by Gasteiger charge is 2.20. The van der Waals surface area contributed by atoms with E-state index in [2.05, 4.69) is 5.32 Å². The summed E-state index contributed by atoms with van der Waals surface area (Å²) in [5, 5.41) is 11.4. The number of nitrogens with two attached hydrogens (primary N) is 1. The minimum absolute atomic E-state index is 0.244. The van der Waals surface area contributed by atoms with Crippen LogP contribution in [-0.4, -0.2) is 18.8 Å². The number of nitrogen functional groups attached to an aromatic ring is 1. The van der Waals surface area contributed by atoms with Crippen LogP contribution < -0.4 is 11.1 Å². The zero-order valence-electron chi connectivity index (χ0n) is 9.09. The summed E-state index contributed by atoms with van der Waals surface area (Å²) in [6.45, 7) is 1.88. The van der Waals surface area contributed by atoms with Gasteiger partial charge in [-0.2, -0.15) is 0 Å². The molecule has 4 N–H and O–H groups in total. The number of anilines is 1. The Kier molecular flexibility index (Phi) is 3.19. The van der Waals surface area contributed by atoms with E-state index in [1.54, 1.807) is 6.07 Å². The van der Waals surface area contributed by atoms with E-state index in [9.17, 15) is 4.39 Å². The maximum atomic E-state index is 12.9. The molecule has 0 aromatic heterocycles. The molecule has 0 bridgehead atoms. The van der Waals surface area contributed by atoms with E-state index in [0.29, 0.717) is 17.0 Å². The van der Waals surface area contributed by atoms with Gasteiger partial charge in [-0.3, -0.25) is 0 Å². The molecule has 0 spiro atoms. The summed E-state index contributed by atoms with van der Waals surface area (Å²) in [4.78, 5) is 0. The van der Waals surface area contributed by atoms with Gasteiger partial charge >= 0.3 is 0 Å². The molecule has 3 nitrogen and oxygen atoms in total. The fourth-order valence-corrected chi connectivity index (χ4v) is 2.11. The lowest BCUT2D eigenvalue weighted by molar-refractivity contribution is 0.456. The third-order valence-electron chi connectivity index (χ3n) is 3.05. The predicted molar refractivity (Wildman–Crippen MR) is 63.2 cm³/mol. The van der Waals surface area contributed by atoms with E-state index in [4.69, 9.17) is 11.1 Å². The smallest absolute Gasteiger partial charge is 0.125 e. The van der Waals surface area contributed by atoms with Crippen LogP contribution in [0.2, 0.25) is 0 Å². The van der Waals surface area contributed by atoms with Crippen molar-refractivity contribution in [1.82, 2.24) is 5.32 Å². The van der Waals surface area contributed by atoms with E-state index in [1.807, 2.05) is 0 Å². The van der Waals surface area contributed by atoms with Crippen LogP contribution in [0, 0.1) is 17.1 Å². The molecule has 1 saturated heterocycles. The van der Waals surface area contributed by atoms with Crippen LogP contribution in [0.5, 0.6) is 0 Å². The van der Waals surface area contributed by atoms with E-state index < -0.39 is 0 Å². The first kappa shape index (κ1) is 11.1. The molecule has 0 aliphatic carbocycles. The highest BCUT2D eigenvalue weighted by atomic mass is 19.1. The van der Waals surface area contributed by atoms with Crippen molar-refractivity contribution >= 4 is 11.4 Å². The van der Waals surface area contributed by atoms with Crippen LogP contribution >= 0.6 is 0 Å². The predicted octanol–water partition coefficient (Wildman–Crippen LogP) is 1.78. The van der Waals surface area contributed by atoms with Gasteiger partial charge in [0.25, 0.3) is 0 Å². The summed E-state index contributed by atoms with van der Waals surface area (Å²) in [5.74, 6) is -0.103. The van der Waals surface area contributed by atoms with E-state index in [1.165, 1.54) is 12.1 Å². The standard InChI is InChI=1S/C12H16FN3/c13-9-1-2-10(11(14)7-9)12(15)8-3-5-16-6-4-8/h1-2,7-8,15-16H,3-6,14H2. The molecule has 1 aliphatic heterocycles. The maximum absolute atomic E-state index is 12.9. The van der Waals surface area contributed by atoms with Gasteiger partial charge in [-0.1, -0.05) is 0 Å². The van der Waals surface area contributed by atoms with Crippen molar-refractivity contribution in [2.75, 3.05) is 18.8 Å². The molecule has 0 unspecified atom stereocenters. The number of benzene rings is 1. The van der Waals surface area contributed by atoms with Gasteiger partial charge < -0.3 is 16.5 Å². The zero-order chi connectivity index (χ0) is 11.5. The molecule has 0 saturated carbocycles. The molecule has 86 valence electrons. The van der Waals surface area contributed by atoms with E-state index >= 15 is 0 Å². The van der Waals surface area contributed by atoms with Crippen LogP contribution in [0.4, 0.5) is 10.1 Å². The Morgan fingerprint density at radius 1 is 1.38 bits per heavy atom. The highest BCUT2D eigenvalue weighted by Crippen LogP contribution is 2.22. The van der Waals surface area contributed by atoms with Crippen molar-refractivity contribution in [3.8, 4) is 0 Å². The Morgan fingerprint density at radius 3 is 2.69 bits per heavy atom. The number of piperidine rings is 1. The molecule has 1 aliphatic rings. The number of rotatable bonds is 2. The molecule has 0 amide bonds. The average molecular weight is 221 g/mol. The lowest BCUT2D eigenvalue weighted by Crippen LogP contribution is -2.32. The number of nitrogens with one attached hydrogen (secondary N) is 2. The largest absolute Gasteiger partial charge is 0.398 e. The molecule has 1 aromatic carbocycles. The molecular weight excluding hydrogens is 205 g/mol. The van der Waals surface area contributed by atoms with Gasteiger partial charge in [-0.15, -0.1) is 0 Å². The number of hydrogen-bond donors (Lipinski definition) is 3. The van der Waals surface area contributed by atoms with Crippen molar-refractivity contribution in [3.05, 3.63) is 29.6 Å². The molecule has 1 aromatic rings. The van der Waals surface area contributed by atoms with Crippen LogP contribution in [0.1, 0.15) is 18.4 Å². The van der Waals surface area contributed by atoms with Gasteiger partial charge in [-0.25, -0.2) is 4.39 Å². The second-order valence-electron chi connectivity index (χ2n) is 4.17. The minimum atomic E-state index is -0.348. The SMILES string of the molecule is N=C(c1ccc(F)cc1N)C1CCNCC1. The normalized spacial score (nSPS) is 17.3. The summed E-state index contributed by atoms with van der Waals surface area (Å²) in [5.41, 5.74) is 7.31. The molecule has 16 heavy (non-hydrogen) atoms. The molecule has 2 rings (SSSR count). The second kappa shape index (κ2) is 4.61. The Balaban J connectivity index is 2.19. The molecule has 1 fully saturated rings. The number of hydrogen-bond acceptors (Lipinski definition) is 3. The van der Waals surface area contributed by atoms with Crippen LogP contribution in [0.25, 0.3) is 0 Å². The molecule has 1 heterocycles. The summed E-state index contributed by atoms with van der Waals surface area (Å²) < 4.78 is 12.9. The van der Waals surface area contributed by atoms with Crippen LogP contribution in [0.15, 0.2) is 18.2 Å². The third kappa shape index (κ3) is 2.22. The number of halogens is 1. The van der Waals surface area contributed by atoms with Gasteiger partial charge in [0.05, 0.1) is 0 Å². The van der Waals surface area contributed by atoms with Crippen molar-refractivity contribution in [2.24, 2.45) is 5.92 Å². The fourth-order valence-electron chi connectivity index (χ4n) is 2.11. The first-order valence-electron chi connectivity index (χ1n) is 5.53. The quantitative estimate of drug-likeness (QED) is 0.526. The van der Waals surface area contributed by atoms with Crippen LogP contribution in [0.3, 0.4) is 0 Å². The maximum Gasteiger partial charge on any atom is 0.125 e. The van der Waals surface area contributed by atoms with Crippen molar-refractivity contribution in [3.63, 3.8) is 0 Å². The minimum Gasteiger partial charge on any atom is -0.398 e. The highest BCUT2D eigenvalue weighted by molar-refractivity contribution is 6.04. The Labute approximate surface area is 94.4 Å². The fraction of sp³-hybridized carbons (Fsp3) is 0.417. The van der Waals surface area contributed by atoms with Crippen LogP contribution in [-0.2, 0) is 0 Å². The summed E-state index contributed by atoms with van der Waals surface area (Å²) in [7, 11) is 0. The Morgan fingerprint density at radius 2 is 2.06 bits per heavy atom. The second-order valence-corrected chi connectivity index (χ2v) is 4.17. The topological polar surface area (TPSA) is 61.9 Å². The van der Waals surface area contributed by atoms with Gasteiger partial charge in [-0.05, 0) is 44.1 Å². The van der Waals surface area contributed by atoms with Gasteiger partial charge in [0, 0.05) is 22.9 Å². The molecular formula is C12H16FN3. The summed E-state index contributed by atoms with van der Waals surface area (Å²) in [6, 6.07) is 4.25. The Hall–Kier alpha value is -1.42. The Bertz CT molecular complexity index is 397. The van der Waals surface area contributed by atoms with Gasteiger partial charge in [0.15, 0.2) is 0 Å². The molecule has 4 heteroatoms. The summed E-state index contributed by atoms with van der Waals surface area (Å²) in [6.07, 6.45) is 1.91. The van der Waals surface area contributed by atoms with E-state index in [0.717, 1.165) is 25.9 Å². The lowest BCUT2D eigenvalue weighted by atomic mass is 9.88. The third-order valence-corrected chi connectivity index (χ3v) is 3.05. The molecule has 0 radical (unpaired) electrons. The summed E-state index contributed by atoms with van der Waals surface area (Å²) >= 11 is 0. The average Bonchev–Trinajstić information content (AvgIpc) is 2.29. The van der Waals surface area contributed by atoms with Gasteiger partial charge in [0.1, 0.15) is 5.82 Å². The zero-order valence-corrected chi connectivity index (χ0v) is 9.09. The van der Waals surface area contributed by atoms with Crippen molar-refractivity contribution < 1.29 is 4.39 Å². The monoisotopic (exact) mass is 221 g/mol. The van der Waals surface area contributed by atoms with E-state index in [-0.39, 0.29) is 11.7 Å². The van der Waals surface area contributed by atoms with Crippen molar-refractivity contribution in [2.45, 2.75) is 12.8 Å². The van der Waals surface area contributed by atoms with Gasteiger partial charge in [0.2, 0.25) is 0 Å². The lowest BCUT2D eigenvalue weighted by Gasteiger charge is -2.24.